The highest BCUT2D eigenvalue weighted by molar-refractivity contribution is 7.17. The van der Waals surface area contributed by atoms with Crippen molar-refractivity contribution < 1.29 is 19.5 Å². The van der Waals surface area contributed by atoms with Crippen molar-refractivity contribution in [1.82, 2.24) is 19.7 Å². The van der Waals surface area contributed by atoms with Crippen LogP contribution in [0.2, 0.25) is 0 Å². The Balaban J connectivity index is 1.79. The van der Waals surface area contributed by atoms with Crippen LogP contribution >= 0.6 is 11.3 Å². The van der Waals surface area contributed by atoms with E-state index >= 15 is 0 Å². The molecule has 0 saturated heterocycles. The number of carbonyl (C=O) groups is 3. The molecule has 0 radical (unpaired) electrons. The molecule has 12 heteroatoms. The van der Waals surface area contributed by atoms with E-state index in [-0.39, 0.29) is 34.4 Å². The van der Waals surface area contributed by atoms with Gasteiger partial charge in [0.2, 0.25) is 12.3 Å². The lowest BCUT2D eigenvalue weighted by atomic mass is 10.1. The summed E-state index contributed by atoms with van der Waals surface area (Å²) in [7, 11) is 1.77. The fourth-order valence-corrected chi connectivity index (χ4v) is 3.84. The van der Waals surface area contributed by atoms with Gasteiger partial charge >= 0.3 is 5.97 Å². The minimum Gasteiger partial charge on any atom is -0.477 e. The number of nitrogens with zero attached hydrogens (tertiary/aromatic N) is 6. The van der Waals surface area contributed by atoms with E-state index < -0.39 is 17.9 Å². The molecule has 0 spiro atoms. The molecule has 2 N–H and O–H groups in total. The number of pyridine rings is 1. The van der Waals surface area contributed by atoms with Gasteiger partial charge in [-0.3, -0.25) is 19.2 Å². The quantitative estimate of drug-likeness (QED) is 0.467. The van der Waals surface area contributed by atoms with E-state index in [0.717, 1.165) is 16.9 Å². The summed E-state index contributed by atoms with van der Waals surface area (Å²) < 4.78 is 1.63. The normalized spacial score (nSPS) is 11.4. The number of carboxylic acids is 1. The lowest BCUT2D eigenvalue weighted by Crippen LogP contribution is -2.37. The fraction of sp³-hybridized carbons (Fsp3) is 0.250. The largest absolute Gasteiger partial charge is 0.477 e. The predicted molar refractivity (Wildman–Crippen MR) is 116 cm³/mol. The lowest BCUT2D eigenvalue weighted by Gasteiger charge is -2.25. The number of amides is 2. The number of carboxylic acid groups (broad SMARTS) is 1. The second kappa shape index (κ2) is 9.80. The second-order valence-corrected chi connectivity index (χ2v) is 7.80. The van der Waals surface area contributed by atoms with Crippen LogP contribution in [0.1, 0.15) is 28.2 Å². The summed E-state index contributed by atoms with van der Waals surface area (Å²) in [5, 5.41) is 25.1. The van der Waals surface area contributed by atoms with Crippen molar-refractivity contribution in [2.24, 2.45) is 7.05 Å². The second-order valence-electron chi connectivity index (χ2n) is 6.80. The summed E-state index contributed by atoms with van der Waals surface area (Å²) in [4.78, 5) is 45.4. The number of aryl methyl sites for hydroxylation is 2. The molecule has 0 fully saturated rings. The molecule has 164 valence electrons. The van der Waals surface area contributed by atoms with Gasteiger partial charge in [0, 0.05) is 25.2 Å². The molecule has 0 unspecified atom stereocenters. The first-order valence-electron chi connectivity index (χ1n) is 9.39. The average molecular weight is 453 g/mol. The minimum absolute atomic E-state index is 0.0276. The molecule has 3 aromatic rings. The Morgan fingerprint density at radius 3 is 2.78 bits per heavy atom. The minimum atomic E-state index is -1.13. The molecule has 0 aliphatic heterocycles. The zero-order valence-electron chi connectivity index (χ0n) is 17.2. The van der Waals surface area contributed by atoms with Crippen molar-refractivity contribution >= 4 is 40.6 Å². The Bertz CT molecular complexity index is 1200. The zero-order valence-corrected chi connectivity index (χ0v) is 18.0. The number of hydrogen-bond donors (Lipinski definition) is 2. The van der Waals surface area contributed by atoms with Gasteiger partial charge in [-0.05, 0) is 19.1 Å². The van der Waals surface area contributed by atoms with Crippen LogP contribution in [-0.2, 0) is 16.6 Å². The molecule has 1 atom stereocenters. The van der Waals surface area contributed by atoms with Gasteiger partial charge in [-0.1, -0.05) is 17.4 Å². The highest BCUT2D eigenvalue weighted by atomic mass is 32.1. The number of thiazole rings is 1. The van der Waals surface area contributed by atoms with Gasteiger partial charge in [0.25, 0.3) is 0 Å². The molecule has 0 bridgehead atoms. The van der Waals surface area contributed by atoms with E-state index in [0.29, 0.717) is 12.1 Å². The molecule has 0 saturated carbocycles. The van der Waals surface area contributed by atoms with Gasteiger partial charge in [0.1, 0.15) is 10.7 Å². The predicted octanol–water partition coefficient (Wildman–Crippen LogP) is 2.22. The Hall–Kier alpha value is -4.11. The number of rotatable bonds is 9. The summed E-state index contributed by atoms with van der Waals surface area (Å²) in [6.07, 6.45) is 3.63. The van der Waals surface area contributed by atoms with Crippen molar-refractivity contribution in [3.8, 4) is 17.3 Å². The number of aromatic nitrogens is 4. The zero-order chi connectivity index (χ0) is 23.3. The van der Waals surface area contributed by atoms with Crippen LogP contribution in [0.4, 0.5) is 10.9 Å². The van der Waals surface area contributed by atoms with Crippen molar-refractivity contribution in [3.05, 3.63) is 41.2 Å². The topological polar surface area (TPSA) is 154 Å². The van der Waals surface area contributed by atoms with Gasteiger partial charge in [0.15, 0.2) is 5.13 Å². The molecule has 2 amide bonds. The molecule has 32 heavy (non-hydrogen) atoms. The van der Waals surface area contributed by atoms with Crippen molar-refractivity contribution in [2.45, 2.75) is 25.8 Å². The first kappa shape index (κ1) is 22.6. The summed E-state index contributed by atoms with van der Waals surface area (Å²) in [5.74, 6) is -1.35. The number of hydrogen-bond acceptors (Lipinski definition) is 8. The lowest BCUT2D eigenvalue weighted by molar-refractivity contribution is -0.116. The van der Waals surface area contributed by atoms with Crippen molar-refractivity contribution in [3.63, 3.8) is 0 Å². The molecule has 3 heterocycles. The van der Waals surface area contributed by atoms with E-state index in [9.17, 15) is 19.6 Å². The SMILES string of the molecule is Cc1nc(NC(=O)C[C@@H](CC#N)N(C=O)c2cccc(-c3cnn(C)c3)n2)sc1C(=O)O. The van der Waals surface area contributed by atoms with Gasteiger partial charge in [-0.2, -0.15) is 10.4 Å². The van der Waals surface area contributed by atoms with Crippen LogP contribution in [0.3, 0.4) is 0 Å². The Morgan fingerprint density at radius 1 is 1.41 bits per heavy atom. The Labute approximate surface area is 186 Å². The van der Waals surface area contributed by atoms with Crippen LogP contribution in [0.25, 0.3) is 11.3 Å². The highest BCUT2D eigenvalue weighted by Gasteiger charge is 2.24. The van der Waals surface area contributed by atoms with Crippen LogP contribution in [0.5, 0.6) is 0 Å². The maximum Gasteiger partial charge on any atom is 0.347 e. The maximum atomic E-state index is 12.6. The first-order chi connectivity index (χ1) is 15.3. The third-order valence-electron chi connectivity index (χ3n) is 4.49. The summed E-state index contributed by atoms with van der Waals surface area (Å²) in [5.41, 5.74) is 1.63. The number of nitriles is 1. The molecular formula is C20H19N7O4S. The number of carbonyl (C=O) groups excluding carboxylic acids is 2. The molecule has 3 rings (SSSR count). The van der Waals surface area contributed by atoms with Gasteiger partial charge in [-0.25, -0.2) is 14.8 Å². The van der Waals surface area contributed by atoms with Gasteiger partial charge in [-0.15, -0.1) is 0 Å². The standard InChI is InChI=1S/C20H19N7O4S/c1-12-18(19(30)31)32-20(23-12)25-17(29)8-14(6-7-21)27(11-28)16-5-3-4-15(24-16)13-9-22-26(2)10-13/h3-5,9-11,14H,6,8H2,1-2H3,(H,30,31)(H,23,25,29)/t14-/m1/s1. The van der Waals surface area contributed by atoms with Crippen LogP contribution in [0, 0.1) is 18.3 Å². The van der Waals surface area contributed by atoms with E-state index in [1.165, 1.54) is 11.8 Å². The third kappa shape index (κ3) is 5.13. The third-order valence-corrected chi connectivity index (χ3v) is 5.55. The summed E-state index contributed by atoms with van der Waals surface area (Å²) >= 11 is 0.837. The van der Waals surface area contributed by atoms with Crippen LogP contribution < -0.4 is 10.2 Å². The molecule has 0 aliphatic rings. The van der Waals surface area contributed by atoms with E-state index in [2.05, 4.69) is 20.4 Å². The fourth-order valence-electron chi connectivity index (χ4n) is 3.02. The number of aromatic carboxylic acids is 1. The average Bonchev–Trinajstić information content (AvgIpc) is 3.34. The molecule has 3 aromatic heterocycles. The van der Waals surface area contributed by atoms with Crippen LogP contribution in [-0.4, -0.2) is 49.2 Å². The summed E-state index contributed by atoms with van der Waals surface area (Å²) in [6.45, 7) is 1.53. The Morgan fingerprint density at radius 2 is 2.19 bits per heavy atom. The molecule has 0 aliphatic carbocycles. The van der Waals surface area contributed by atoms with Crippen LogP contribution in [0.15, 0.2) is 30.6 Å². The van der Waals surface area contributed by atoms with Crippen molar-refractivity contribution in [1.29, 1.82) is 5.26 Å². The molecule has 11 nitrogen and oxygen atoms in total. The maximum absolute atomic E-state index is 12.6. The molecule has 0 aromatic carbocycles. The van der Waals surface area contributed by atoms with E-state index in [4.69, 9.17) is 5.11 Å². The number of anilines is 2. The Kier molecular flexibility index (Phi) is 6.91. The monoisotopic (exact) mass is 453 g/mol. The molecular weight excluding hydrogens is 434 g/mol. The smallest absolute Gasteiger partial charge is 0.347 e. The van der Waals surface area contributed by atoms with E-state index in [1.807, 2.05) is 6.07 Å². The van der Waals surface area contributed by atoms with Gasteiger partial charge < -0.3 is 10.4 Å². The van der Waals surface area contributed by atoms with Crippen molar-refractivity contribution in [2.75, 3.05) is 10.2 Å². The van der Waals surface area contributed by atoms with Gasteiger partial charge in [0.05, 0.1) is 36.1 Å². The number of nitrogens with one attached hydrogen (secondary N) is 1. The highest BCUT2D eigenvalue weighted by Crippen LogP contribution is 2.25. The van der Waals surface area contributed by atoms with E-state index in [1.54, 1.807) is 42.3 Å². The first-order valence-corrected chi connectivity index (χ1v) is 10.2. The summed E-state index contributed by atoms with van der Waals surface area (Å²) in [6, 6.07) is 6.30.